The van der Waals surface area contributed by atoms with E-state index in [0.717, 1.165) is 65.0 Å². The van der Waals surface area contributed by atoms with Gasteiger partial charge in [0.15, 0.2) is 0 Å². The lowest BCUT2D eigenvalue weighted by atomic mass is 9.94. The van der Waals surface area contributed by atoms with Crippen LogP contribution in [0.5, 0.6) is 0 Å². The molecule has 3 aromatic rings. The fourth-order valence-electron chi connectivity index (χ4n) is 4.16. The molecule has 2 aromatic heterocycles. The second kappa shape index (κ2) is 6.76. The first-order valence-corrected chi connectivity index (χ1v) is 9.46. The standard InChI is InChI=1S/C21H25N5O/c1-13-9-14(2)19-17(10-13)18(11-15(3)23-19)21(27)26-7-5-16(6-8-26)20-24-22-12-25(20)4/h9-12,16H,5-8H2,1-4H3. The van der Waals surface area contributed by atoms with Crippen LogP contribution in [0.2, 0.25) is 0 Å². The van der Waals surface area contributed by atoms with E-state index >= 15 is 0 Å². The number of rotatable bonds is 2. The maximum Gasteiger partial charge on any atom is 0.254 e. The molecule has 0 spiro atoms. The zero-order valence-electron chi connectivity index (χ0n) is 16.4. The molecule has 3 heterocycles. The van der Waals surface area contributed by atoms with Crippen LogP contribution in [-0.4, -0.2) is 43.6 Å². The van der Waals surface area contributed by atoms with Gasteiger partial charge in [-0.05, 0) is 51.3 Å². The van der Waals surface area contributed by atoms with Gasteiger partial charge in [0.05, 0.1) is 11.1 Å². The minimum Gasteiger partial charge on any atom is -0.339 e. The molecule has 0 saturated carbocycles. The number of hydrogen-bond acceptors (Lipinski definition) is 4. The molecule has 0 radical (unpaired) electrons. The molecule has 1 aromatic carbocycles. The summed E-state index contributed by atoms with van der Waals surface area (Å²) in [6, 6.07) is 6.13. The first-order chi connectivity index (χ1) is 12.9. The zero-order valence-corrected chi connectivity index (χ0v) is 16.4. The van der Waals surface area contributed by atoms with Crippen molar-refractivity contribution in [2.75, 3.05) is 13.1 Å². The van der Waals surface area contributed by atoms with Gasteiger partial charge in [0.1, 0.15) is 12.2 Å². The summed E-state index contributed by atoms with van der Waals surface area (Å²) in [5.74, 6) is 1.48. The Balaban J connectivity index is 1.61. The van der Waals surface area contributed by atoms with Gasteiger partial charge in [-0.25, -0.2) is 0 Å². The number of nitrogens with zero attached hydrogens (tertiary/aromatic N) is 5. The fourth-order valence-corrected chi connectivity index (χ4v) is 4.16. The largest absolute Gasteiger partial charge is 0.339 e. The molecule has 0 atom stereocenters. The highest BCUT2D eigenvalue weighted by Crippen LogP contribution is 2.29. The van der Waals surface area contributed by atoms with Crippen LogP contribution < -0.4 is 0 Å². The molecule has 1 aliphatic rings. The van der Waals surface area contributed by atoms with Crippen molar-refractivity contribution in [3.63, 3.8) is 0 Å². The van der Waals surface area contributed by atoms with Crippen molar-refractivity contribution >= 4 is 16.8 Å². The average molecular weight is 363 g/mol. The molecule has 6 heteroatoms. The van der Waals surface area contributed by atoms with Gasteiger partial charge in [-0.3, -0.25) is 9.78 Å². The Labute approximate surface area is 159 Å². The summed E-state index contributed by atoms with van der Waals surface area (Å²) in [4.78, 5) is 20.0. The summed E-state index contributed by atoms with van der Waals surface area (Å²) in [6.07, 6.45) is 3.57. The van der Waals surface area contributed by atoms with E-state index in [4.69, 9.17) is 0 Å². The summed E-state index contributed by atoms with van der Waals surface area (Å²) in [5.41, 5.74) is 4.84. The topological polar surface area (TPSA) is 63.9 Å². The third-order valence-corrected chi connectivity index (χ3v) is 5.50. The lowest BCUT2D eigenvalue weighted by molar-refractivity contribution is 0.0712. The molecule has 27 heavy (non-hydrogen) atoms. The van der Waals surface area contributed by atoms with Crippen molar-refractivity contribution in [2.45, 2.75) is 39.5 Å². The van der Waals surface area contributed by atoms with Crippen LogP contribution in [0.3, 0.4) is 0 Å². The van der Waals surface area contributed by atoms with E-state index < -0.39 is 0 Å². The quantitative estimate of drug-likeness (QED) is 0.701. The number of aryl methyl sites for hydroxylation is 4. The molecule has 0 unspecified atom stereocenters. The highest BCUT2D eigenvalue weighted by Gasteiger charge is 2.28. The number of likely N-dealkylation sites (tertiary alicyclic amines) is 1. The van der Waals surface area contributed by atoms with E-state index in [1.54, 1.807) is 6.33 Å². The summed E-state index contributed by atoms with van der Waals surface area (Å²) in [6.45, 7) is 7.55. The predicted octanol–water partition coefficient (Wildman–Crippen LogP) is 3.31. The van der Waals surface area contributed by atoms with Crippen LogP contribution in [0.1, 0.15) is 51.8 Å². The number of benzene rings is 1. The molecule has 0 aliphatic carbocycles. The molecule has 1 amide bonds. The first kappa shape index (κ1) is 17.6. The van der Waals surface area contributed by atoms with Gasteiger partial charge in [-0.1, -0.05) is 11.6 Å². The lowest BCUT2D eigenvalue weighted by Gasteiger charge is -2.31. The monoisotopic (exact) mass is 363 g/mol. The van der Waals surface area contributed by atoms with E-state index in [1.165, 1.54) is 0 Å². The van der Waals surface area contributed by atoms with Crippen molar-refractivity contribution in [1.82, 2.24) is 24.6 Å². The Morgan fingerprint density at radius 3 is 2.52 bits per heavy atom. The van der Waals surface area contributed by atoms with Crippen molar-refractivity contribution in [2.24, 2.45) is 7.05 Å². The Kier molecular flexibility index (Phi) is 4.42. The van der Waals surface area contributed by atoms with Gasteiger partial charge in [0, 0.05) is 37.1 Å². The third-order valence-electron chi connectivity index (χ3n) is 5.50. The predicted molar refractivity (Wildman–Crippen MR) is 105 cm³/mol. The van der Waals surface area contributed by atoms with E-state index in [0.29, 0.717) is 5.92 Å². The molecule has 1 fully saturated rings. The van der Waals surface area contributed by atoms with Crippen LogP contribution in [0.25, 0.3) is 10.9 Å². The van der Waals surface area contributed by atoms with Crippen LogP contribution in [-0.2, 0) is 7.05 Å². The maximum atomic E-state index is 13.3. The van der Waals surface area contributed by atoms with Gasteiger partial charge >= 0.3 is 0 Å². The van der Waals surface area contributed by atoms with E-state index in [9.17, 15) is 4.79 Å². The van der Waals surface area contributed by atoms with Gasteiger partial charge in [-0.2, -0.15) is 0 Å². The van der Waals surface area contributed by atoms with Crippen molar-refractivity contribution in [1.29, 1.82) is 0 Å². The summed E-state index contributed by atoms with van der Waals surface area (Å²) < 4.78 is 1.98. The van der Waals surface area contributed by atoms with Crippen LogP contribution >= 0.6 is 0 Å². The molecule has 1 saturated heterocycles. The second-order valence-corrected chi connectivity index (χ2v) is 7.66. The normalized spacial score (nSPS) is 15.5. The maximum absolute atomic E-state index is 13.3. The Morgan fingerprint density at radius 2 is 1.85 bits per heavy atom. The van der Waals surface area contributed by atoms with Gasteiger partial charge in [0.2, 0.25) is 0 Å². The van der Waals surface area contributed by atoms with Crippen LogP contribution in [0.4, 0.5) is 0 Å². The van der Waals surface area contributed by atoms with E-state index in [-0.39, 0.29) is 5.91 Å². The highest BCUT2D eigenvalue weighted by atomic mass is 16.2. The Morgan fingerprint density at radius 1 is 1.11 bits per heavy atom. The molecule has 6 nitrogen and oxygen atoms in total. The summed E-state index contributed by atoms with van der Waals surface area (Å²) >= 11 is 0. The SMILES string of the molecule is Cc1cc(C)c2nc(C)cc(C(=O)N3CCC(c4nncn4C)CC3)c2c1. The average Bonchev–Trinajstić information content (AvgIpc) is 3.07. The number of carbonyl (C=O) groups is 1. The first-order valence-electron chi connectivity index (χ1n) is 9.46. The van der Waals surface area contributed by atoms with Gasteiger partial charge < -0.3 is 9.47 Å². The third kappa shape index (κ3) is 3.20. The lowest BCUT2D eigenvalue weighted by Crippen LogP contribution is -2.38. The summed E-state index contributed by atoms with van der Waals surface area (Å²) in [7, 11) is 1.98. The highest BCUT2D eigenvalue weighted by molar-refractivity contribution is 6.07. The minimum atomic E-state index is 0.104. The number of piperidine rings is 1. The van der Waals surface area contributed by atoms with Crippen LogP contribution in [0, 0.1) is 20.8 Å². The van der Waals surface area contributed by atoms with Crippen molar-refractivity contribution < 1.29 is 4.79 Å². The number of hydrogen-bond donors (Lipinski definition) is 0. The molecule has 4 rings (SSSR count). The minimum absolute atomic E-state index is 0.104. The van der Waals surface area contributed by atoms with Crippen molar-refractivity contribution in [3.8, 4) is 0 Å². The van der Waals surface area contributed by atoms with E-state index in [2.05, 4.69) is 41.2 Å². The Bertz CT molecular complexity index is 1010. The fraction of sp³-hybridized carbons (Fsp3) is 0.429. The van der Waals surface area contributed by atoms with Crippen molar-refractivity contribution in [3.05, 3.63) is 52.7 Å². The molecule has 0 N–H and O–H groups in total. The smallest absolute Gasteiger partial charge is 0.254 e. The van der Waals surface area contributed by atoms with Gasteiger partial charge in [0.25, 0.3) is 5.91 Å². The molecule has 140 valence electrons. The Hall–Kier alpha value is -2.76. The molecule has 0 bridgehead atoms. The number of carbonyl (C=O) groups excluding carboxylic acids is 1. The summed E-state index contributed by atoms with van der Waals surface area (Å²) in [5, 5.41) is 9.18. The number of pyridine rings is 1. The molecular formula is C21H25N5O. The number of aromatic nitrogens is 4. The van der Waals surface area contributed by atoms with Crippen LogP contribution in [0.15, 0.2) is 24.5 Å². The zero-order chi connectivity index (χ0) is 19.1. The number of fused-ring (bicyclic) bond motifs is 1. The molecular weight excluding hydrogens is 338 g/mol. The van der Waals surface area contributed by atoms with E-state index in [1.807, 2.05) is 29.5 Å². The number of amides is 1. The van der Waals surface area contributed by atoms with Gasteiger partial charge in [-0.15, -0.1) is 10.2 Å². The molecule has 1 aliphatic heterocycles. The second-order valence-electron chi connectivity index (χ2n) is 7.66.